The number of aromatic nitrogens is 1. The van der Waals surface area contributed by atoms with E-state index in [1.807, 2.05) is 31.2 Å². The van der Waals surface area contributed by atoms with Gasteiger partial charge in [0.15, 0.2) is 9.84 Å². The minimum absolute atomic E-state index is 0.165. The van der Waals surface area contributed by atoms with Crippen molar-refractivity contribution in [3.8, 4) is 0 Å². The van der Waals surface area contributed by atoms with Gasteiger partial charge in [0.2, 0.25) is 0 Å². The smallest absolute Gasteiger partial charge is 0.152 e. The van der Waals surface area contributed by atoms with Gasteiger partial charge < -0.3 is 11.1 Å². The number of hydrogen-bond donors (Lipinski definition) is 2. The maximum Gasteiger partial charge on any atom is 0.152 e. The maximum absolute atomic E-state index is 11.7. The lowest BCUT2D eigenvalue weighted by Gasteiger charge is -2.26. The van der Waals surface area contributed by atoms with E-state index in [4.69, 9.17) is 5.73 Å². The van der Waals surface area contributed by atoms with Crippen LogP contribution < -0.4 is 11.1 Å². The minimum atomic E-state index is -2.93. The molecule has 5 nitrogen and oxygen atoms in total. The van der Waals surface area contributed by atoms with E-state index in [0.29, 0.717) is 12.1 Å². The van der Waals surface area contributed by atoms with Crippen LogP contribution in [0.25, 0.3) is 10.9 Å². The van der Waals surface area contributed by atoms with Crippen molar-refractivity contribution in [2.45, 2.75) is 18.9 Å². The van der Waals surface area contributed by atoms with Crippen molar-refractivity contribution in [3.05, 3.63) is 30.5 Å². The number of fused-ring (bicyclic) bond motifs is 1. The number of nitrogens with one attached hydrogen (secondary N) is 1. The highest BCUT2D eigenvalue weighted by atomic mass is 32.2. The van der Waals surface area contributed by atoms with Crippen LogP contribution in [0.5, 0.6) is 0 Å². The van der Waals surface area contributed by atoms with Crippen LogP contribution in [0.15, 0.2) is 30.5 Å². The largest absolute Gasteiger partial charge is 0.399 e. The first-order valence-electron chi connectivity index (χ1n) is 6.50. The Morgan fingerprint density at radius 2 is 2.15 bits per heavy atom. The highest BCUT2D eigenvalue weighted by Gasteiger charge is 2.38. The maximum atomic E-state index is 11.7. The summed E-state index contributed by atoms with van der Waals surface area (Å²) in [7, 11) is -2.93. The number of nitrogens with two attached hydrogens (primary N) is 1. The normalized spacial score (nSPS) is 24.9. The fourth-order valence-corrected chi connectivity index (χ4v) is 4.80. The Labute approximate surface area is 118 Å². The molecule has 2 heterocycles. The molecule has 106 valence electrons. The van der Waals surface area contributed by atoms with E-state index in [1.165, 1.54) is 0 Å². The Balaban J connectivity index is 1.99. The summed E-state index contributed by atoms with van der Waals surface area (Å²) >= 11 is 0. The molecule has 0 spiro atoms. The number of nitrogen functional groups attached to an aromatic ring is 1. The van der Waals surface area contributed by atoms with Gasteiger partial charge in [0.05, 0.1) is 17.0 Å². The monoisotopic (exact) mass is 291 g/mol. The summed E-state index contributed by atoms with van der Waals surface area (Å²) in [5, 5.41) is 4.33. The average Bonchev–Trinajstić information content (AvgIpc) is 2.63. The van der Waals surface area contributed by atoms with Crippen molar-refractivity contribution in [3.63, 3.8) is 0 Å². The standard InChI is InChI=1S/C14H17N3O2S/c1-14(5-7-20(18,19)9-14)17-12-4-6-16-13-8-10(15)2-3-11(12)13/h2-4,6,8H,5,7,9,15H2,1H3,(H,16,17). The van der Waals surface area contributed by atoms with Crippen molar-refractivity contribution >= 4 is 32.1 Å². The zero-order valence-electron chi connectivity index (χ0n) is 11.3. The third kappa shape index (κ3) is 2.43. The van der Waals surface area contributed by atoms with Gasteiger partial charge in [0.25, 0.3) is 0 Å². The van der Waals surface area contributed by atoms with Gasteiger partial charge in [0, 0.05) is 28.5 Å². The Bertz CT molecular complexity index is 773. The van der Waals surface area contributed by atoms with Crippen molar-refractivity contribution < 1.29 is 8.42 Å². The molecule has 1 aliphatic rings. The molecular weight excluding hydrogens is 274 g/mol. The average molecular weight is 291 g/mol. The first-order valence-corrected chi connectivity index (χ1v) is 8.32. The zero-order chi connectivity index (χ0) is 14.4. The third-order valence-electron chi connectivity index (χ3n) is 3.71. The molecule has 0 radical (unpaired) electrons. The number of nitrogens with zero attached hydrogens (tertiary/aromatic N) is 1. The summed E-state index contributed by atoms with van der Waals surface area (Å²) in [4.78, 5) is 4.29. The van der Waals surface area contributed by atoms with E-state index in [2.05, 4.69) is 10.3 Å². The molecule has 3 N–H and O–H groups in total. The molecule has 1 aromatic heterocycles. The highest BCUT2D eigenvalue weighted by Crippen LogP contribution is 2.31. The zero-order valence-corrected chi connectivity index (χ0v) is 12.1. The van der Waals surface area contributed by atoms with Gasteiger partial charge in [-0.05, 0) is 37.6 Å². The molecule has 1 unspecified atom stereocenters. The minimum Gasteiger partial charge on any atom is -0.399 e. The lowest BCUT2D eigenvalue weighted by molar-refractivity contribution is 0.574. The first-order chi connectivity index (χ1) is 9.37. The van der Waals surface area contributed by atoms with Crippen molar-refractivity contribution in [1.82, 2.24) is 4.98 Å². The van der Waals surface area contributed by atoms with Gasteiger partial charge in [-0.2, -0.15) is 0 Å². The molecule has 20 heavy (non-hydrogen) atoms. The number of pyridine rings is 1. The molecule has 0 bridgehead atoms. The molecule has 2 aromatic rings. The van der Waals surface area contributed by atoms with E-state index in [1.54, 1.807) is 6.20 Å². The summed E-state index contributed by atoms with van der Waals surface area (Å²) in [5.74, 6) is 0.408. The summed E-state index contributed by atoms with van der Waals surface area (Å²) in [6.07, 6.45) is 2.32. The predicted octanol–water partition coefficient (Wildman–Crippen LogP) is 1.81. The molecule has 0 aliphatic carbocycles. The number of hydrogen-bond acceptors (Lipinski definition) is 5. The van der Waals surface area contributed by atoms with Crippen molar-refractivity contribution in [1.29, 1.82) is 0 Å². The van der Waals surface area contributed by atoms with Crippen LogP contribution in [0, 0.1) is 0 Å². The number of anilines is 2. The van der Waals surface area contributed by atoms with Gasteiger partial charge >= 0.3 is 0 Å². The van der Waals surface area contributed by atoms with Gasteiger partial charge in [-0.15, -0.1) is 0 Å². The summed E-state index contributed by atoms with van der Waals surface area (Å²) in [6.45, 7) is 1.95. The second kappa shape index (κ2) is 4.34. The highest BCUT2D eigenvalue weighted by molar-refractivity contribution is 7.91. The molecule has 1 aliphatic heterocycles. The summed E-state index contributed by atoms with van der Waals surface area (Å²) in [5.41, 5.74) is 7.70. The molecule has 3 rings (SSSR count). The molecule has 6 heteroatoms. The lowest BCUT2D eigenvalue weighted by Crippen LogP contribution is -2.35. The molecule has 1 aromatic carbocycles. The molecule has 0 amide bonds. The summed E-state index contributed by atoms with van der Waals surface area (Å²) in [6, 6.07) is 7.42. The number of benzene rings is 1. The fraction of sp³-hybridized carbons (Fsp3) is 0.357. The Morgan fingerprint density at radius 1 is 1.35 bits per heavy atom. The van der Waals surface area contributed by atoms with E-state index in [-0.39, 0.29) is 11.5 Å². The van der Waals surface area contributed by atoms with Crippen molar-refractivity contribution in [2.75, 3.05) is 22.6 Å². The molecule has 1 atom stereocenters. The molecule has 0 saturated carbocycles. The fourth-order valence-electron chi connectivity index (χ4n) is 2.71. The van der Waals surface area contributed by atoms with Gasteiger partial charge in [-0.3, -0.25) is 4.98 Å². The predicted molar refractivity (Wildman–Crippen MR) is 81.5 cm³/mol. The topological polar surface area (TPSA) is 85.1 Å². The van der Waals surface area contributed by atoms with Crippen LogP contribution in [0.1, 0.15) is 13.3 Å². The van der Waals surface area contributed by atoms with Crippen LogP contribution in [0.2, 0.25) is 0 Å². The van der Waals surface area contributed by atoms with Gasteiger partial charge in [-0.1, -0.05) is 0 Å². The lowest BCUT2D eigenvalue weighted by atomic mass is 10.0. The molecular formula is C14H17N3O2S. The number of sulfone groups is 1. The summed E-state index contributed by atoms with van der Waals surface area (Å²) < 4.78 is 23.4. The van der Waals surface area contributed by atoms with Crippen LogP contribution >= 0.6 is 0 Å². The van der Waals surface area contributed by atoms with Crippen LogP contribution in [-0.2, 0) is 9.84 Å². The van der Waals surface area contributed by atoms with E-state index < -0.39 is 15.4 Å². The third-order valence-corrected chi connectivity index (χ3v) is 5.61. The molecule has 1 saturated heterocycles. The Morgan fingerprint density at radius 3 is 2.85 bits per heavy atom. The van der Waals surface area contributed by atoms with Crippen LogP contribution in [0.4, 0.5) is 11.4 Å². The van der Waals surface area contributed by atoms with Crippen molar-refractivity contribution in [2.24, 2.45) is 0 Å². The first kappa shape index (κ1) is 13.2. The van der Waals surface area contributed by atoms with E-state index in [0.717, 1.165) is 16.6 Å². The van der Waals surface area contributed by atoms with Crippen LogP contribution in [0.3, 0.4) is 0 Å². The second-order valence-corrected chi connectivity index (χ2v) is 7.85. The SMILES string of the molecule is CC1(Nc2ccnc3cc(N)ccc23)CCS(=O)(=O)C1. The second-order valence-electron chi connectivity index (χ2n) is 5.66. The quantitative estimate of drug-likeness (QED) is 0.824. The van der Waals surface area contributed by atoms with Crippen LogP contribution in [-0.4, -0.2) is 30.4 Å². The Kier molecular flexibility index (Phi) is 2.86. The van der Waals surface area contributed by atoms with Gasteiger partial charge in [-0.25, -0.2) is 8.42 Å². The number of rotatable bonds is 2. The molecule has 1 fully saturated rings. The van der Waals surface area contributed by atoms with E-state index in [9.17, 15) is 8.42 Å². The Hall–Kier alpha value is -1.82. The van der Waals surface area contributed by atoms with E-state index >= 15 is 0 Å². The van der Waals surface area contributed by atoms with Gasteiger partial charge in [0.1, 0.15) is 0 Å².